The SMILES string of the molecule is CCOc1cn(C(C)C)nc1C(C)N. The molecular weight excluding hydrogens is 178 g/mol. The summed E-state index contributed by atoms with van der Waals surface area (Å²) in [5, 5.41) is 4.39. The maximum Gasteiger partial charge on any atom is 0.161 e. The van der Waals surface area contributed by atoms with Crippen LogP contribution in [0.4, 0.5) is 0 Å². The van der Waals surface area contributed by atoms with Crippen LogP contribution in [-0.4, -0.2) is 16.4 Å². The zero-order valence-electron chi connectivity index (χ0n) is 9.32. The third-order valence-electron chi connectivity index (χ3n) is 1.99. The van der Waals surface area contributed by atoms with Crippen molar-refractivity contribution in [2.24, 2.45) is 5.73 Å². The summed E-state index contributed by atoms with van der Waals surface area (Å²) in [6, 6.07) is 0.248. The van der Waals surface area contributed by atoms with E-state index in [0.29, 0.717) is 12.6 Å². The van der Waals surface area contributed by atoms with E-state index in [2.05, 4.69) is 18.9 Å². The molecule has 4 nitrogen and oxygen atoms in total. The van der Waals surface area contributed by atoms with Crippen molar-refractivity contribution in [3.63, 3.8) is 0 Å². The normalized spacial score (nSPS) is 13.3. The minimum Gasteiger partial charge on any atom is -0.490 e. The van der Waals surface area contributed by atoms with Crippen LogP contribution in [0.25, 0.3) is 0 Å². The molecule has 0 aliphatic heterocycles. The molecule has 0 amide bonds. The predicted octanol–water partition coefficient (Wildman–Crippen LogP) is 1.88. The van der Waals surface area contributed by atoms with E-state index in [9.17, 15) is 0 Å². The number of nitrogens with two attached hydrogens (primary N) is 1. The smallest absolute Gasteiger partial charge is 0.161 e. The van der Waals surface area contributed by atoms with Crippen molar-refractivity contribution in [1.82, 2.24) is 9.78 Å². The van der Waals surface area contributed by atoms with E-state index in [1.807, 2.05) is 24.7 Å². The highest BCUT2D eigenvalue weighted by Crippen LogP contribution is 2.23. The van der Waals surface area contributed by atoms with Crippen molar-refractivity contribution >= 4 is 0 Å². The van der Waals surface area contributed by atoms with Crippen molar-refractivity contribution in [2.75, 3.05) is 6.61 Å². The fourth-order valence-electron chi connectivity index (χ4n) is 1.24. The summed E-state index contributed by atoms with van der Waals surface area (Å²) in [7, 11) is 0. The molecule has 0 bridgehead atoms. The molecule has 0 aliphatic rings. The Hall–Kier alpha value is -1.03. The number of ether oxygens (including phenoxy) is 1. The van der Waals surface area contributed by atoms with Gasteiger partial charge in [-0.05, 0) is 27.7 Å². The van der Waals surface area contributed by atoms with Crippen LogP contribution >= 0.6 is 0 Å². The third kappa shape index (κ3) is 2.26. The van der Waals surface area contributed by atoms with Crippen molar-refractivity contribution < 1.29 is 4.74 Å². The lowest BCUT2D eigenvalue weighted by atomic mass is 10.2. The molecule has 4 heteroatoms. The second-order valence-corrected chi connectivity index (χ2v) is 3.67. The first-order valence-electron chi connectivity index (χ1n) is 5.03. The quantitative estimate of drug-likeness (QED) is 0.801. The summed E-state index contributed by atoms with van der Waals surface area (Å²) in [6.07, 6.45) is 1.91. The molecule has 2 N–H and O–H groups in total. The van der Waals surface area contributed by atoms with E-state index >= 15 is 0 Å². The largest absolute Gasteiger partial charge is 0.490 e. The molecule has 0 radical (unpaired) electrons. The van der Waals surface area contributed by atoms with E-state index in [-0.39, 0.29) is 6.04 Å². The number of nitrogens with zero attached hydrogens (tertiary/aromatic N) is 2. The van der Waals surface area contributed by atoms with E-state index in [0.717, 1.165) is 11.4 Å². The van der Waals surface area contributed by atoms with E-state index in [4.69, 9.17) is 10.5 Å². The van der Waals surface area contributed by atoms with Gasteiger partial charge >= 0.3 is 0 Å². The Morgan fingerprint density at radius 3 is 2.57 bits per heavy atom. The number of hydrogen-bond donors (Lipinski definition) is 1. The monoisotopic (exact) mass is 197 g/mol. The summed E-state index contributed by atoms with van der Waals surface area (Å²) >= 11 is 0. The van der Waals surface area contributed by atoms with Crippen molar-refractivity contribution in [3.05, 3.63) is 11.9 Å². The highest BCUT2D eigenvalue weighted by molar-refractivity contribution is 5.27. The number of hydrogen-bond acceptors (Lipinski definition) is 3. The van der Waals surface area contributed by atoms with Gasteiger partial charge in [-0.3, -0.25) is 4.68 Å². The van der Waals surface area contributed by atoms with Crippen molar-refractivity contribution in [2.45, 2.75) is 39.8 Å². The summed E-state index contributed by atoms with van der Waals surface area (Å²) < 4.78 is 7.34. The highest BCUT2D eigenvalue weighted by Gasteiger charge is 2.14. The van der Waals surface area contributed by atoms with Gasteiger partial charge in [0.25, 0.3) is 0 Å². The highest BCUT2D eigenvalue weighted by atomic mass is 16.5. The second kappa shape index (κ2) is 4.46. The topological polar surface area (TPSA) is 53.1 Å². The van der Waals surface area contributed by atoms with Crippen LogP contribution in [-0.2, 0) is 0 Å². The maximum atomic E-state index is 5.80. The lowest BCUT2D eigenvalue weighted by Gasteiger charge is -2.05. The lowest BCUT2D eigenvalue weighted by Crippen LogP contribution is -2.09. The zero-order chi connectivity index (χ0) is 10.7. The average molecular weight is 197 g/mol. The summed E-state index contributed by atoms with van der Waals surface area (Å²) in [5.41, 5.74) is 6.64. The summed E-state index contributed by atoms with van der Waals surface area (Å²) in [4.78, 5) is 0. The van der Waals surface area contributed by atoms with Gasteiger partial charge in [0, 0.05) is 12.1 Å². The number of aromatic nitrogens is 2. The Morgan fingerprint density at radius 2 is 2.14 bits per heavy atom. The molecule has 0 fully saturated rings. The molecule has 1 aromatic rings. The van der Waals surface area contributed by atoms with Crippen LogP contribution < -0.4 is 10.5 Å². The van der Waals surface area contributed by atoms with Crippen LogP contribution in [0, 0.1) is 0 Å². The van der Waals surface area contributed by atoms with Gasteiger partial charge in [-0.2, -0.15) is 5.10 Å². The Morgan fingerprint density at radius 1 is 1.50 bits per heavy atom. The lowest BCUT2D eigenvalue weighted by molar-refractivity contribution is 0.334. The van der Waals surface area contributed by atoms with E-state index in [1.54, 1.807) is 0 Å². The van der Waals surface area contributed by atoms with Crippen molar-refractivity contribution in [3.8, 4) is 5.75 Å². The zero-order valence-corrected chi connectivity index (χ0v) is 9.32. The van der Waals surface area contributed by atoms with Crippen LogP contribution in [0.15, 0.2) is 6.20 Å². The molecule has 0 saturated heterocycles. The van der Waals surface area contributed by atoms with Crippen molar-refractivity contribution in [1.29, 1.82) is 0 Å². The van der Waals surface area contributed by atoms with Gasteiger partial charge < -0.3 is 10.5 Å². The third-order valence-corrected chi connectivity index (χ3v) is 1.99. The van der Waals surface area contributed by atoms with Gasteiger partial charge in [0.05, 0.1) is 12.8 Å². The summed E-state index contributed by atoms with van der Waals surface area (Å²) in [6.45, 7) is 8.66. The van der Waals surface area contributed by atoms with Crippen LogP contribution in [0.1, 0.15) is 45.5 Å². The molecule has 14 heavy (non-hydrogen) atoms. The van der Waals surface area contributed by atoms with Gasteiger partial charge in [-0.25, -0.2) is 0 Å². The minimum absolute atomic E-state index is 0.0865. The molecule has 1 aromatic heterocycles. The first-order chi connectivity index (χ1) is 6.56. The van der Waals surface area contributed by atoms with Crippen LogP contribution in [0.3, 0.4) is 0 Å². The number of rotatable bonds is 4. The fraction of sp³-hybridized carbons (Fsp3) is 0.700. The molecule has 0 saturated carbocycles. The molecule has 1 unspecified atom stereocenters. The van der Waals surface area contributed by atoms with Gasteiger partial charge in [0.2, 0.25) is 0 Å². The standard InChI is InChI=1S/C10H19N3O/c1-5-14-9-6-13(7(2)3)12-10(9)8(4)11/h6-8H,5,11H2,1-4H3. The van der Waals surface area contributed by atoms with Crippen LogP contribution in [0.5, 0.6) is 5.75 Å². The average Bonchev–Trinajstić information content (AvgIpc) is 2.49. The molecule has 1 rings (SSSR count). The van der Waals surface area contributed by atoms with E-state index in [1.165, 1.54) is 0 Å². The first kappa shape index (κ1) is 11.0. The molecule has 0 aromatic carbocycles. The predicted molar refractivity (Wildman–Crippen MR) is 56.4 cm³/mol. The second-order valence-electron chi connectivity index (χ2n) is 3.67. The Balaban J connectivity index is 2.99. The minimum atomic E-state index is -0.0865. The maximum absolute atomic E-state index is 5.80. The molecule has 0 spiro atoms. The molecular formula is C10H19N3O. The molecule has 0 aliphatic carbocycles. The van der Waals surface area contributed by atoms with E-state index < -0.39 is 0 Å². The molecule has 1 heterocycles. The van der Waals surface area contributed by atoms with Gasteiger partial charge in [-0.1, -0.05) is 0 Å². The van der Waals surface area contributed by atoms with Crippen LogP contribution in [0.2, 0.25) is 0 Å². The fourth-order valence-corrected chi connectivity index (χ4v) is 1.24. The Kier molecular flexibility index (Phi) is 3.52. The molecule has 1 atom stereocenters. The van der Waals surface area contributed by atoms with Gasteiger partial charge in [0.1, 0.15) is 5.69 Å². The summed E-state index contributed by atoms with van der Waals surface area (Å²) in [5.74, 6) is 0.802. The Labute approximate surface area is 85.0 Å². The van der Waals surface area contributed by atoms with Gasteiger partial charge in [-0.15, -0.1) is 0 Å². The molecule has 80 valence electrons. The first-order valence-corrected chi connectivity index (χ1v) is 5.03. The Bertz CT molecular complexity index is 292. The van der Waals surface area contributed by atoms with Gasteiger partial charge in [0.15, 0.2) is 5.75 Å².